The number of fused-ring (bicyclic) bond motifs is 1. The average Bonchev–Trinajstić information content (AvgIpc) is 2.33. The number of hydrogen-bond donors (Lipinski definition) is 1. The normalized spacial score (nSPS) is 33.7. The van der Waals surface area contributed by atoms with Crippen LogP contribution in [0.4, 0.5) is 0 Å². The standard InChI is InChI=1S/C8H14N2OS/c1-8(2)7-10(4-3-9-8)6(11)5-12-7/h7,9H,3-5H2,1-2H3/p+1/t7-/m1/s1. The van der Waals surface area contributed by atoms with Gasteiger partial charge in [-0.1, -0.05) is 0 Å². The van der Waals surface area contributed by atoms with Gasteiger partial charge in [-0.25, -0.2) is 0 Å². The van der Waals surface area contributed by atoms with E-state index in [1.165, 1.54) is 0 Å². The number of thioether (sulfide) groups is 1. The second-order valence-electron chi connectivity index (χ2n) is 4.06. The molecule has 1 atom stereocenters. The molecule has 2 aliphatic heterocycles. The average molecular weight is 187 g/mol. The molecule has 2 aliphatic rings. The molecule has 0 aromatic rings. The van der Waals surface area contributed by atoms with Gasteiger partial charge in [-0.05, 0) is 13.8 Å². The molecule has 0 spiro atoms. The molecule has 4 heteroatoms. The van der Waals surface area contributed by atoms with Crippen molar-refractivity contribution in [2.45, 2.75) is 24.8 Å². The second kappa shape index (κ2) is 2.64. The minimum atomic E-state index is 0.203. The molecular weight excluding hydrogens is 172 g/mol. The van der Waals surface area contributed by atoms with Gasteiger partial charge in [0.15, 0.2) is 0 Å². The molecule has 3 nitrogen and oxygen atoms in total. The van der Waals surface area contributed by atoms with Gasteiger partial charge >= 0.3 is 0 Å². The maximum absolute atomic E-state index is 11.4. The first-order valence-corrected chi connectivity index (χ1v) is 5.41. The molecule has 0 unspecified atom stereocenters. The topological polar surface area (TPSA) is 36.9 Å². The summed E-state index contributed by atoms with van der Waals surface area (Å²) in [4.78, 5) is 13.4. The lowest BCUT2D eigenvalue weighted by Crippen LogP contribution is -3.01. The fraction of sp³-hybridized carbons (Fsp3) is 0.875. The summed E-state index contributed by atoms with van der Waals surface area (Å²) >= 11 is 1.79. The largest absolute Gasteiger partial charge is 0.338 e. The van der Waals surface area contributed by atoms with Crippen molar-refractivity contribution in [1.82, 2.24) is 4.90 Å². The molecule has 12 heavy (non-hydrogen) atoms. The van der Waals surface area contributed by atoms with Gasteiger partial charge in [0.05, 0.1) is 18.8 Å². The van der Waals surface area contributed by atoms with Crippen molar-refractivity contribution in [1.29, 1.82) is 0 Å². The van der Waals surface area contributed by atoms with Crippen molar-refractivity contribution in [3.63, 3.8) is 0 Å². The summed E-state index contributed by atoms with van der Waals surface area (Å²) in [5.41, 5.74) is 0.203. The number of hydrogen-bond acceptors (Lipinski definition) is 2. The number of nitrogens with two attached hydrogens (primary N) is 1. The molecule has 0 radical (unpaired) electrons. The lowest BCUT2D eigenvalue weighted by atomic mass is 10.0. The molecule has 2 heterocycles. The van der Waals surface area contributed by atoms with Crippen LogP contribution in [-0.4, -0.2) is 40.6 Å². The highest BCUT2D eigenvalue weighted by molar-refractivity contribution is 8.01. The van der Waals surface area contributed by atoms with Gasteiger partial charge in [-0.15, -0.1) is 11.8 Å². The first-order chi connectivity index (χ1) is 5.61. The van der Waals surface area contributed by atoms with E-state index in [9.17, 15) is 4.79 Å². The second-order valence-corrected chi connectivity index (χ2v) is 5.13. The molecule has 2 fully saturated rings. The van der Waals surface area contributed by atoms with E-state index in [1.54, 1.807) is 11.8 Å². The third kappa shape index (κ3) is 1.13. The zero-order valence-corrected chi connectivity index (χ0v) is 8.36. The Morgan fingerprint density at radius 2 is 2.42 bits per heavy atom. The minimum Gasteiger partial charge on any atom is -0.338 e. The number of rotatable bonds is 0. The van der Waals surface area contributed by atoms with Gasteiger partial charge < -0.3 is 10.2 Å². The Balaban J connectivity index is 2.21. The molecule has 0 aromatic heterocycles. The summed E-state index contributed by atoms with van der Waals surface area (Å²) in [6.07, 6.45) is 0. The highest BCUT2D eigenvalue weighted by Crippen LogP contribution is 2.31. The van der Waals surface area contributed by atoms with Crippen LogP contribution in [0.15, 0.2) is 0 Å². The number of carbonyl (C=O) groups excluding carboxylic acids is 1. The Morgan fingerprint density at radius 3 is 3.08 bits per heavy atom. The van der Waals surface area contributed by atoms with Crippen LogP contribution in [0.2, 0.25) is 0 Å². The van der Waals surface area contributed by atoms with Gasteiger partial charge in [0.1, 0.15) is 10.9 Å². The zero-order valence-electron chi connectivity index (χ0n) is 7.54. The Labute approximate surface area is 76.9 Å². The fourth-order valence-electron chi connectivity index (χ4n) is 1.99. The van der Waals surface area contributed by atoms with Crippen molar-refractivity contribution < 1.29 is 10.1 Å². The Bertz CT molecular complexity index is 217. The van der Waals surface area contributed by atoms with Crippen molar-refractivity contribution >= 4 is 17.7 Å². The molecule has 68 valence electrons. The van der Waals surface area contributed by atoms with E-state index in [-0.39, 0.29) is 5.54 Å². The maximum Gasteiger partial charge on any atom is 0.233 e. The number of nitrogens with zero attached hydrogens (tertiary/aromatic N) is 1. The molecule has 1 amide bonds. The predicted molar refractivity (Wildman–Crippen MR) is 48.8 cm³/mol. The van der Waals surface area contributed by atoms with Crippen molar-refractivity contribution in [3.05, 3.63) is 0 Å². The van der Waals surface area contributed by atoms with Gasteiger partial charge in [0.25, 0.3) is 0 Å². The Kier molecular flexibility index (Phi) is 1.84. The number of quaternary nitrogens is 1. The van der Waals surface area contributed by atoms with Gasteiger partial charge in [0, 0.05) is 0 Å². The lowest BCUT2D eigenvalue weighted by Gasteiger charge is -2.39. The highest BCUT2D eigenvalue weighted by Gasteiger charge is 2.47. The van der Waals surface area contributed by atoms with Crippen molar-refractivity contribution in [2.75, 3.05) is 18.8 Å². The van der Waals surface area contributed by atoms with Crippen LogP contribution in [0.3, 0.4) is 0 Å². The van der Waals surface area contributed by atoms with E-state index in [0.29, 0.717) is 17.0 Å². The van der Waals surface area contributed by atoms with E-state index in [1.807, 2.05) is 4.90 Å². The Hall–Kier alpha value is -0.220. The predicted octanol–water partition coefficient (Wildman–Crippen LogP) is -0.756. The highest BCUT2D eigenvalue weighted by atomic mass is 32.2. The van der Waals surface area contributed by atoms with Crippen molar-refractivity contribution in [3.8, 4) is 0 Å². The summed E-state index contributed by atoms with van der Waals surface area (Å²) in [6, 6.07) is 0. The Morgan fingerprint density at radius 1 is 1.67 bits per heavy atom. The molecule has 0 bridgehead atoms. The molecule has 0 saturated carbocycles. The van der Waals surface area contributed by atoms with Crippen LogP contribution in [0.25, 0.3) is 0 Å². The molecule has 2 N–H and O–H groups in total. The third-order valence-electron chi connectivity index (χ3n) is 2.65. The number of piperazine rings is 1. The van der Waals surface area contributed by atoms with Crippen molar-refractivity contribution in [2.24, 2.45) is 0 Å². The fourth-order valence-corrected chi connectivity index (χ4v) is 3.38. The van der Waals surface area contributed by atoms with Gasteiger partial charge in [-0.3, -0.25) is 4.79 Å². The first kappa shape index (κ1) is 8.38. The molecule has 2 saturated heterocycles. The maximum atomic E-state index is 11.4. The van der Waals surface area contributed by atoms with Crippen LogP contribution >= 0.6 is 11.8 Å². The first-order valence-electron chi connectivity index (χ1n) is 4.37. The van der Waals surface area contributed by atoms with Crippen LogP contribution in [0.5, 0.6) is 0 Å². The molecule has 2 rings (SSSR count). The molecular formula is C8H15N2OS+. The summed E-state index contributed by atoms with van der Waals surface area (Å²) in [5, 5.41) is 2.75. The summed E-state index contributed by atoms with van der Waals surface area (Å²) in [6.45, 7) is 6.42. The smallest absolute Gasteiger partial charge is 0.233 e. The van der Waals surface area contributed by atoms with Gasteiger partial charge in [0.2, 0.25) is 5.91 Å². The molecule has 0 aromatic carbocycles. The van der Waals surface area contributed by atoms with Crippen LogP contribution in [0, 0.1) is 0 Å². The van der Waals surface area contributed by atoms with E-state index in [4.69, 9.17) is 0 Å². The quantitative estimate of drug-likeness (QED) is 0.541. The third-order valence-corrected chi connectivity index (χ3v) is 4.24. The van der Waals surface area contributed by atoms with Crippen LogP contribution in [-0.2, 0) is 4.79 Å². The monoisotopic (exact) mass is 187 g/mol. The SMILES string of the molecule is CC1(C)[NH2+]CCN2C(=O)CS[C@@H]21. The number of carbonyl (C=O) groups is 1. The zero-order chi connectivity index (χ0) is 8.77. The summed E-state index contributed by atoms with van der Waals surface area (Å²) < 4.78 is 0. The van der Waals surface area contributed by atoms with Gasteiger partial charge in [-0.2, -0.15) is 0 Å². The molecule has 0 aliphatic carbocycles. The van der Waals surface area contributed by atoms with Crippen LogP contribution < -0.4 is 5.32 Å². The van der Waals surface area contributed by atoms with E-state index >= 15 is 0 Å². The van der Waals surface area contributed by atoms with E-state index in [2.05, 4.69) is 19.2 Å². The number of amides is 1. The minimum absolute atomic E-state index is 0.203. The van der Waals surface area contributed by atoms with E-state index in [0.717, 1.165) is 13.1 Å². The van der Waals surface area contributed by atoms with Crippen LogP contribution in [0.1, 0.15) is 13.8 Å². The summed E-state index contributed by atoms with van der Waals surface area (Å²) in [7, 11) is 0. The van der Waals surface area contributed by atoms with E-state index < -0.39 is 0 Å². The lowest BCUT2D eigenvalue weighted by molar-refractivity contribution is -0.730. The summed E-state index contributed by atoms with van der Waals surface area (Å²) in [5.74, 6) is 1.01.